The predicted molar refractivity (Wildman–Crippen MR) is 81.8 cm³/mol. The maximum Gasteiger partial charge on any atom is 0.348 e. The van der Waals surface area contributed by atoms with Crippen LogP contribution in [0.25, 0.3) is 5.69 Å². The lowest BCUT2D eigenvalue weighted by Crippen LogP contribution is -2.15. The standard InChI is InChI=1S/C15H10BrN3O2/c16-11-6-8-12(9-7-11)19-15(21)17-14(18-19)13(20)10-4-2-1-3-5-10/h1-9H,(H,17,18,21). The van der Waals surface area contributed by atoms with E-state index in [1.807, 2.05) is 6.07 Å². The molecule has 1 aromatic heterocycles. The summed E-state index contributed by atoms with van der Waals surface area (Å²) in [4.78, 5) is 26.7. The molecule has 0 bridgehead atoms. The molecule has 104 valence electrons. The molecule has 0 saturated carbocycles. The maximum atomic E-state index is 12.2. The first-order valence-corrected chi connectivity index (χ1v) is 6.99. The van der Waals surface area contributed by atoms with Crippen LogP contribution in [0.15, 0.2) is 63.9 Å². The molecule has 3 aromatic rings. The summed E-state index contributed by atoms with van der Waals surface area (Å²) >= 11 is 3.33. The van der Waals surface area contributed by atoms with Gasteiger partial charge in [-0.3, -0.25) is 9.78 Å². The van der Waals surface area contributed by atoms with Crippen molar-refractivity contribution in [2.75, 3.05) is 0 Å². The number of hydrogen-bond donors (Lipinski definition) is 1. The van der Waals surface area contributed by atoms with Gasteiger partial charge in [0.25, 0.3) is 0 Å². The lowest BCUT2D eigenvalue weighted by molar-refractivity contribution is 0.102. The highest BCUT2D eigenvalue weighted by Crippen LogP contribution is 2.12. The number of rotatable bonds is 3. The molecule has 0 saturated heterocycles. The number of carbonyl (C=O) groups is 1. The zero-order valence-corrected chi connectivity index (χ0v) is 12.4. The number of nitrogens with zero attached hydrogens (tertiary/aromatic N) is 2. The third-order valence-electron chi connectivity index (χ3n) is 2.94. The van der Waals surface area contributed by atoms with Crippen LogP contribution in [0.1, 0.15) is 16.2 Å². The molecule has 1 heterocycles. The van der Waals surface area contributed by atoms with E-state index in [1.54, 1.807) is 48.5 Å². The van der Waals surface area contributed by atoms with Crippen molar-refractivity contribution in [2.45, 2.75) is 0 Å². The number of nitrogens with one attached hydrogen (secondary N) is 1. The van der Waals surface area contributed by atoms with E-state index in [9.17, 15) is 9.59 Å². The topological polar surface area (TPSA) is 67.8 Å². The first-order valence-electron chi connectivity index (χ1n) is 6.20. The molecule has 2 aromatic carbocycles. The van der Waals surface area contributed by atoms with Crippen LogP contribution >= 0.6 is 15.9 Å². The number of aromatic nitrogens is 3. The molecule has 0 fully saturated rings. The van der Waals surface area contributed by atoms with E-state index in [0.717, 1.165) is 4.47 Å². The Morgan fingerprint density at radius 2 is 1.71 bits per heavy atom. The van der Waals surface area contributed by atoms with Gasteiger partial charge in [-0.25, -0.2) is 4.79 Å². The second-order valence-electron chi connectivity index (χ2n) is 4.36. The van der Waals surface area contributed by atoms with Crippen molar-refractivity contribution < 1.29 is 4.79 Å². The fourth-order valence-electron chi connectivity index (χ4n) is 1.91. The van der Waals surface area contributed by atoms with E-state index in [2.05, 4.69) is 26.0 Å². The molecule has 5 nitrogen and oxygen atoms in total. The molecule has 0 amide bonds. The van der Waals surface area contributed by atoms with Crippen molar-refractivity contribution >= 4 is 21.7 Å². The van der Waals surface area contributed by atoms with Crippen LogP contribution < -0.4 is 5.69 Å². The zero-order valence-electron chi connectivity index (χ0n) is 10.8. The highest BCUT2D eigenvalue weighted by molar-refractivity contribution is 9.10. The molecule has 0 spiro atoms. The monoisotopic (exact) mass is 343 g/mol. The number of aromatic amines is 1. The lowest BCUT2D eigenvalue weighted by atomic mass is 10.1. The summed E-state index contributed by atoms with van der Waals surface area (Å²) in [7, 11) is 0. The second kappa shape index (κ2) is 5.49. The molecule has 0 aliphatic rings. The minimum atomic E-state index is -0.448. The molecular formula is C15H10BrN3O2. The van der Waals surface area contributed by atoms with E-state index in [0.29, 0.717) is 11.3 Å². The summed E-state index contributed by atoms with van der Waals surface area (Å²) in [5, 5.41) is 4.07. The van der Waals surface area contributed by atoms with Gasteiger partial charge in [0.2, 0.25) is 11.6 Å². The third-order valence-corrected chi connectivity index (χ3v) is 3.47. The Balaban J connectivity index is 2.00. The molecule has 0 unspecified atom stereocenters. The average Bonchev–Trinajstić information content (AvgIpc) is 2.90. The van der Waals surface area contributed by atoms with Crippen LogP contribution in [0.5, 0.6) is 0 Å². The van der Waals surface area contributed by atoms with Gasteiger partial charge in [-0.15, -0.1) is 5.10 Å². The van der Waals surface area contributed by atoms with E-state index in [1.165, 1.54) is 4.68 Å². The van der Waals surface area contributed by atoms with E-state index in [4.69, 9.17) is 0 Å². The van der Waals surface area contributed by atoms with Crippen molar-refractivity contribution in [1.29, 1.82) is 0 Å². The summed E-state index contributed by atoms with van der Waals surface area (Å²) in [6, 6.07) is 15.8. The summed E-state index contributed by atoms with van der Waals surface area (Å²) in [5.41, 5.74) is 0.623. The molecule has 6 heteroatoms. The van der Waals surface area contributed by atoms with Crippen molar-refractivity contribution in [3.8, 4) is 5.69 Å². The van der Waals surface area contributed by atoms with Gasteiger partial charge >= 0.3 is 5.69 Å². The number of benzene rings is 2. The Bertz CT molecular complexity index is 835. The molecule has 0 aliphatic carbocycles. The Morgan fingerprint density at radius 3 is 2.38 bits per heavy atom. The number of hydrogen-bond acceptors (Lipinski definition) is 3. The van der Waals surface area contributed by atoms with E-state index < -0.39 is 5.69 Å². The highest BCUT2D eigenvalue weighted by atomic mass is 79.9. The Morgan fingerprint density at radius 1 is 1.05 bits per heavy atom. The molecular weight excluding hydrogens is 334 g/mol. The van der Waals surface area contributed by atoms with Crippen molar-refractivity contribution in [1.82, 2.24) is 14.8 Å². The molecule has 1 N–H and O–H groups in total. The number of H-pyrrole nitrogens is 1. The SMILES string of the molecule is O=C(c1ccccc1)c1nn(-c2ccc(Br)cc2)c(=O)[nH]1. The minimum Gasteiger partial charge on any atom is -0.286 e. The number of carbonyl (C=O) groups excluding carboxylic acids is 1. The van der Waals surface area contributed by atoms with Crippen LogP contribution in [-0.2, 0) is 0 Å². The maximum absolute atomic E-state index is 12.2. The van der Waals surface area contributed by atoms with Crippen LogP contribution in [0.3, 0.4) is 0 Å². The van der Waals surface area contributed by atoms with Crippen LogP contribution in [0.2, 0.25) is 0 Å². The van der Waals surface area contributed by atoms with Gasteiger partial charge in [-0.05, 0) is 24.3 Å². The van der Waals surface area contributed by atoms with Gasteiger partial charge < -0.3 is 0 Å². The number of ketones is 1. The molecule has 21 heavy (non-hydrogen) atoms. The van der Waals surface area contributed by atoms with Gasteiger partial charge in [0.1, 0.15) is 0 Å². The first kappa shape index (κ1) is 13.5. The second-order valence-corrected chi connectivity index (χ2v) is 5.28. The normalized spacial score (nSPS) is 10.5. The molecule has 0 atom stereocenters. The van der Waals surface area contributed by atoms with Crippen LogP contribution in [-0.4, -0.2) is 20.5 Å². The molecule has 3 rings (SSSR count). The van der Waals surface area contributed by atoms with Gasteiger partial charge in [-0.1, -0.05) is 46.3 Å². The summed E-state index contributed by atoms with van der Waals surface area (Å²) in [6.45, 7) is 0. The lowest BCUT2D eigenvalue weighted by Gasteiger charge is -1.99. The third kappa shape index (κ3) is 2.71. The fraction of sp³-hybridized carbons (Fsp3) is 0. The predicted octanol–water partition coefficient (Wildman–Crippen LogP) is 2.55. The van der Waals surface area contributed by atoms with Crippen molar-refractivity contribution in [2.24, 2.45) is 0 Å². The summed E-state index contributed by atoms with van der Waals surface area (Å²) in [5.74, 6) is -0.294. The Kier molecular flexibility index (Phi) is 3.53. The van der Waals surface area contributed by atoms with Crippen molar-refractivity contribution in [3.05, 3.63) is 80.9 Å². The summed E-state index contributed by atoms with van der Waals surface area (Å²) < 4.78 is 2.07. The zero-order chi connectivity index (χ0) is 14.8. The van der Waals surface area contributed by atoms with Gasteiger partial charge in [0, 0.05) is 10.0 Å². The van der Waals surface area contributed by atoms with E-state index >= 15 is 0 Å². The van der Waals surface area contributed by atoms with Crippen molar-refractivity contribution in [3.63, 3.8) is 0 Å². The first-order chi connectivity index (χ1) is 10.1. The molecule has 0 radical (unpaired) electrons. The summed E-state index contributed by atoms with van der Waals surface area (Å²) in [6.07, 6.45) is 0. The van der Waals surface area contributed by atoms with Gasteiger partial charge in [-0.2, -0.15) is 4.68 Å². The van der Waals surface area contributed by atoms with E-state index in [-0.39, 0.29) is 11.6 Å². The van der Waals surface area contributed by atoms with Gasteiger partial charge in [0.15, 0.2) is 0 Å². The number of halogens is 1. The highest BCUT2D eigenvalue weighted by Gasteiger charge is 2.15. The Labute approximate surface area is 128 Å². The fourth-order valence-corrected chi connectivity index (χ4v) is 2.17. The molecule has 0 aliphatic heterocycles. The largest absolute Gasteiger partial charge is 0.348 e. The smallest absolute Gasteiger partial charge is 0.286 e. The van der Waals surface area contributed by atoms with Gasteiger partial charge in [0.05, 0.1) is 5.69 Å². The minimum absolute atomic E-state index is 0.0223. The Hall–Kier alpha value is -2.47. The van der Waals surface area contributed by atoms with Crippen LogP contribution in [0.4, 0.5) is 0 Å². The average molecular weight is 344 g/mol. The van der Waals surface area contributed by atoms with Crippen LogP contribution in [0, 0.1) is 0 Å². The quantitative estimate of drug-likeness (QED) is 0.743.